The van der Waals surface area contributed by atoms with E-state index in [9.17, 15) is 9.18 Å². The molecule has 3 nitrogen and oxygen atoms in total. The summed E-state index contributed by atoms with van der Waals surface area (Å²) in [6, 6.07) is 6.20. The molecule has 1 N–H and O–H groups in total. The molecule has 0 aliphatic carbocycles. The van der Waals surface area contributed by atoms with Crippen LogP contribution in [0.4, 0.5) is 4.39 Å². The first-order valence-corrected chi connectivity index (χ1v) is 6.45. The third kappa shape index (κ3) is 1.90. The highest BCUT2D eigenvalue weighted by Crippen LogP contribution is 2.37. The number of hydrogen-bond donors (Lipinski definition) is 1. The molecular weight excluding hydrogens is 231 g/mol. The molecule has 0 atom stereocenters. The second-order valence-corrected chi connectivity index (χ2v) is 5.42. The Balaban J connectivity index is 1.68. The van der Waals surface area contributed by atoms with Gasteiger partial charge in [0.2, 0.25) is 0 Å². The van der Waals surface area contributed by atoms with E-state index in [0.29, 0.717) is 0 Å². The van der Waals surface area contributed by atoms with Crippen molar-refractivity contribution in [2.75, 3.05) is 26.2 Å². The van der Waals surface area contributed by atoms with Crippen LogP contribution in [-0.2, 0) is 0 Å². The second kappa shape index (κ2) is 4.35. The van der Waals surface area contributed by atoms with Crippen molar-refractivity contribution in [1.29, 1.82) is 0 Å². The van der Waals surface area contributed by atoms with Crippen LogP contribution in [0.15, 0.2) is 24.3 Å². The number of likely N-dealkylation sites (tertiary alicyclic amines) is 1. The fraction of sp³-hybridized carbons (Fsp3) is 0.500. The van der Waals surface area contributed by atoms with Crippen molar-refractivity contribution < 1.29 is 9.18 Å². The summed E-state index contributed by atoms with van der Waals surface area (Å²) in [6.07, 6.45) is 2.34. The lowest BCUT2D eigenvalue weighted by Gasteiger charge is -2.52. The van der Waals surface area contributed by atoms with Crippen LogP contribution in [0.2, 0.25) is 0 Å². The number of halogens is 1. The SMILES string of the molecule is O=C(c1ccccc1F)N1CC2(CCCNC2)C1. The van der Waals surface area contributed by atoms with E-state index < -0.39 is 5.82 Å². The molecule has 1 aromatic rings. The molecule has 0 saturated carbocycles. The molecule has 1 amide bonds. The molecule has 96 valence electrons. The third-order valence-electron chi connectivity index (χ3n) is 4.00. The number of hydrogen-bond acceptors (Lipinski definition) is 2. The number of benzene rings is 1. The minimum absolute atomic E-state index is 0.177. The molecule has 2 heterocycles. The summed E-state index contributed by atoms with van der Waals surface area (Å²) in [5.41, 5.74) is 0.440. The Morgan fingerprint density at radius 1 is 1.33 bits per heavy atom. The summed E-state index contributed by atoms with van der Waals surface area (Å²) in [4.78, 5) is 13.9. The Kier molecular flexibility index (Phi) is 2.82. The van der Waals surface area contributed by atoms with Crippen LogP contribution in [0.1, 0.15) is 23.2 Å². The van der Waals surface area contributed by atoms with Crippen molar-refractivity contribution in [1.82, 2.24) is 10.2 Å². The first-order chi connectivity index (χ1) is 8.70. The molecule has 4 heteroatoms. The summed E-state index contributed by atoms with van der Waals surface area (Å²) < 4.78 is 13.5. The largest absolute Gasteiger partial charge is 0.337 e. The molecule has 1 aromatic carbocycles. The highest BCUT2D eigenvalue weighted by molar-refractivity contribution is 5.95. The Labute approximate surface area is 106 Å². The van der Waals surface area contributed by atoms with Crippen LogP contribution in [0, 0.1) is 11.2 Å². The predicted octanol–water partition coefficient (Wildman–Crippen LogP) is 1.65. The van der Waals surface area contributed by atoms with Crippen LogP contribution in [0.3, 0.4) is 0 Å². The minimum atomic E-state index is -0.426. The number of piperidine rings is 1. The van der Waals surface area contributed by atoms with Gasteiger partial charge in [0.25, 0.3) is 5.91 Å². The minimum Gasteiger partial charge on any atom is -0.337 e. The van der Waals surface area contributed by atoms with E-state index in [1.54, 1.807) is 23.1 Å². The molecule has 18 heavy (non-hydrogen) atoms. The number of nitrogens with zero attached hydrogens (tertiary/aromatic N) is 1. The maximum absolute atomic E-state index is 13.5. The Morgan fingerprint density at radius 2 is 2.11 bits per heavy atom. The molecule has 2 aliphatic rings. The maximum Gasteiger partial charge on any atom is 0.256 e. The molecule has 2 saturated heterocycles. The van der Waals surface area contributed by atoms with Gasteiger partial charge in [0, 0.05) is 25.0 Å². The van der Waals surface area contributed by atoms with E-state index >= 15 is 0 Å². The Bertz CT molecular complexity index is 461. The van der Waals surface area contributed by atoms with E-state index in [1.807, 2.05) is 0 Å². The zero-order chi connectivity index (χ0) is 12.6. The topological polar surface area (TPSA) is 32.3 Å². The zero-order valence-electron chi connectivity index (χ0n) is 10.3. The Hall–Kier alpha value is -1.42. The summed E-state index contributed by atoms with van der Waals surface area (Å²) in [5.74, 6) is -0.602. The average Bonchev–Trinajstić information content (AvgIpc) is 2.37. The van der Waals surface area contributed by atoms with Gasteiger partial charge in [0.1, 0.15) is 5.82 Å². The maximum atomic E-state index is 13.5. The second-order valence-electron chi connectivity index (χ2n) is 5.42. The summed E-state index contributed by atoms with van der Waals surface area (Å²) >= 11 is 0. The van der Waals surface area contributed by atoms with Crippen LogP contribution in [-0.4, -0.2) is 37.0 Å². The third-order valence-corrected chi connectivity index (χ3v) is 4.00. The van der Waals surface area contributed by atoms with Crippen molar-refractivity contribution >= 4 is 5.91 Å². The van der Waals surface area contributed by atoms with Gasteiger partial charge >= 0.3 is 0 Å². The van der Waals surface area contributed by atoms with Gasteiger partial charge in [0.05, 0.1) is 5.56 Å². The number of carbonyl (C=O) groups is 1. The number of amides is 1. The normalized spacial score (nSPS) is 21.7. The molecule has 3 rings (SSSR count). The van der Waals surface area contributed by atoms with Gasteiger partial charge in [-0.1, -0.05) is 12.1 Å². The van der Waals surface area contributed by atoms with E-state index in [-0.39, 0.29) is 16.9 Å². The summed E-state index contributed by atoms with van der Waals surface area (Å²) in [6.45, 7) is 3.57. The lowest BCUT2D eigenvalue weighted by atomic mass is 9.74. The standard InChI is InChI=1S/C14H17FN2O/c15-12-5-2-1-4-11(12)13(18)17-9-14(10-17)6-3-7-16-8-14/h1-2,4-5,16H,3,6-10H2. The van der Waals surface area contributed by atoms with E-state index in [0.717, 1.165) is 26.2 Å². The Morgan fingerprint density at radius 3 is 2.78 bits per heavy atom. The van der Waals surface area contributed by atoms with Gasteiger partial charge in [-0.3, -0.25) is 4.79 Å². The predicted molar refractivity (Wildman–Crippen MR) is 66.8 cm³/mol. The van der Waals surface area contributed by atoms with E-state index in [2.05, 4.69) is 5.32 Å². The van der Waals surface area contributed by atoms with Crippen molar-refractivity contribution in [2.45, 2.75) is 12.8 Å². The molecular formula is C14H17FN2O. The van der Waals surface area contributed by atoms with Gasteiger partial charge in [-0.05, 0) is 31.5 Å². The highest BCUT2D eigenvalue weighted by atomic mass is 19.1. The smallest absolute Gasteiger partial charge is 0.256 e. The van der Waals surface area contributed by atoms with Crippen molar-refractivity contribution in [3.63, 3.8) is 0 Å². The van der Waals surface area contributed by atoms with Crippen molar-refractivity contribution in [3.05, 3.63) is 35.6 Å². The quantitative estimate of drug-likeness (QED) is 0.819. The van der Waals surface area contributed by atoms with Crippen molar-refractivity contribution in [2.24, 2.45) is 5.41 Å². The highest BCUT2D eigenvalue weighted by Gasteiger charge is 2.45. The fourth-order valence-corrected chi connectivity index (χ4v) is 3.01. The van der Waals surface area contributed by atoms with Gasteiger partial charge in [-0.25, -0.2) is 4.39 Å². The van der Waals surface area contributed by atoms with Crippen LogP contribution in [0.25, 0.3) is 0 Å². The molecule has 2 aliphatic heterocycles. The fourth-order valence-electron chi connectivity index (χ4n) is 3.01. The lowest BCUT2D eigenvalue weighted by molar-refractivity contribution is -0.00751. The summed E-state index contributed by atoms with van der Waals surface area (Å²) in [5, 5.41) is 3.38. The zero-order valence-corrected chi connectivity index (χ0v) is 10.3. The first-order valence-electron chi connectivity index (χ1n) is 6.45. The molecule has 1 spiro atoms. The van der Waals surface area contributed by atoms with Crippen LogP contribution < -0.4 is 5.32 Å². The number of carbonyl (C=O) groups excluding carboxylic acids is 1. The average molecular weight is 248 g/mol. The lowest BCUT2D eigenvalue weighted by Crippen LogP contribution is -2.63. The van der Waals surface area contributed by atoms with Crippen LogP contribution >= 0.6 is 0 Å². The number of nitrogens with one attached hydrogen (secondary N) is 1. The van der Waals surface area contributed by atoms with Crippen LogP contribution in [0.5, 0.6) is 0 Å². The van der Waals surface area contributed by atoms with Crippen molar-refractivity contribution in [3.8, 4) is 0 Å². The summed E-state index contributed by atoms with van der Waals surface area (Å²) in [7, 11) is 0. The number of rotatable bonds is 1. The van der Waals surface area contributed by atoms with Gasteiger partial charge in [0.15, 0.2) is 0 Å². The molecule has 0 unspecified atom stereocenters. The van der Waals surface area contributed by atoms with Gasteiger partial charge in [-0.2, -0.15) is 0 Å². The molecule has 2 fully saturated rings. The molecule has 0 aromatic heterocycles. The van der Waals surface area contributed by atoms with Gasteiger partial charge in [-0.15, -0.1) is 0 Å². The van der Waals surface area contributed by atoms with E-state index in [1.165, 1.54) is 18.9 Å². The van der Waals surface area contributed by atoms with E-state index in [4.69, 9.17) is 0 Å². The molecule has 0 radical (unpaired) electrons. The first kappa shape index (κ1) is 11.7. The van der Waals surface area contributed by atoms with Gasteiger partial charge < -0.3 is 10.2 Å². The monoisotopic (exact) mass is 248 g/mol. The molecule has 0 bridgehead atoms.